The van der Waals surface area contributed by atoms with Gasteiger partial charge in [-0.15, -0.1) is 10.2 Å². The van der Waals surface area contributed by atoms with Gasteiger partial charge in [-0.05, 0) is 30.0 Å². The minimum absolute atomic E-state index is 0.0591. The summed E-state index contributed by atoms with van der Waals surface area (Å²) in [5, 5.41) is 22.8. The van der Waals surface area contributed by atoms with Crippen LogP contribution in [0.5, 0.6) is 0 Å². The maximum Gasteiger partial charge on any atom is 0.273 e. The lowest BCUT2D eigenvalue weighted by molar-refractivity contribution is -0.113. The average Bonchev–Trinajstić information content (AvgIpc) is 3.30. The van der Waals surface area contributed by atoms with Crippen molar-refractivity contribution in [3.63, 3.8) is 0 Å². The monoisotopic (exact) mass is 372 g/mol. The quantitative estimate of drug-likeness (QED) is 0.688. The molecule has 1 aliphatic heterocycles. The number of aromatic nitrogens is 4. The van der Waals surface area contributed by atoms with Gasteiger partial charge in [-0.2, -0.15) is 5.10 Å². The van der Waals surface area contributed by atoms with Crippen LogP contribution in [0.25, 0.3) is 17.3 Å². The van der Waals surface area contributed by atoms with Crippen molar-refractivity contribution < 1.29 is 9.18 Å². The fourth-order valence-corrected chi connectivity index (χ4v) is 3.80. The summed E-state index contributed by atoms with van der Waals surface area (Å²) < 4.78 is 13.5. The van der Waals surface area contributed by atoms with Crippen LogP contribution >= 0.6 is 23.1 Å². The van der Waals surface area contributed by atoms with E-state index in [1.165, 1.54) is 33.9 Å². The number of nitrogens with zero attached hydrogens (tertiary/aromatic N) is 4. The number of hydrogen-bond donors (Lipinski definition) is 2. The molecular formula is C15H9FN6OS2. The first kappa shape index (κ1) is 15.7. The van der Waals surface area contributed by atoms with Gasteiger partial charge in [0.05, 0.1) is 16.8 Å². The van der Waals surface area contributed by atoms with E-state index in [9.17, 15) is 9.18 Å². The standard InChI is InChI=1S/C15H9FN6OS2/c16-10-3-1-2-8(4-10)12-9(6-18-20-12)5-11-13(23)22(14(17)25-11)15-21-19-7-24-15/h1-7,17H,(H,18,20)/b11-5-,17-14?. The fraction of sp³-hybridized carbons (Fsp3) is 0. The lowest BCUT2D eigenvalue weighted by atomic mass is 10.1. The fourth-order valence-electron chi connectivity index (χ4n) is 2.35. The number of amidine groups is 1. The van der Waals surface area contributed by atoms with Crippen LogP contribution in [-0.4, -0.2) is 31.5 Å². The van der Waals surface area contributed by atoms with Gasteiger partial charge in [-0.3, -0.25) is 15.3 Å². The van der Waals surface area contributed by atoms with Crippen molar-refractivity contribution in [2.75, 3.05) is 4.90 Å². The highest BCUT2D eigenvalue weighted by atomic mass is 32.2. The number of hydrogen-bond acceptors (Lipinski definition) is 7. The van der Waals surface area contributed by atoms with Gasteiger partial charge in [0.2, 0.25) is 5.13 Å². The van der Waals surface area contributed by atoms with Crippen molar-refractivity contribution >= 4 is 45.4 Å². The molecule has 0 radical (unpaired) electrons. The highest BCUT2D eigenvalue weighted by molar-refractivity contribution is 8.19. The Morgan fingerprint density at radius 2 is 2.24 bits per heavy atom. The third kappa shape index (κ3) is 2.85. The van der Waals surface area contributed by atoms with Crippen molar-refractivity contribution in [2.24, 2.45) is 0 Å². The molecule has 3 heterocycles. The first-order valence-corrected chi connectivity index (χ1v) is 8.71. The average molecular weight is 372 g/mol. The van der Waals surface area contributed by atoms with Crippen LogP contribution < -0.4 is 4.90 Å². The predicted octanol–water partition coefficient (Wildman–Crippen LogP) is 3.12. The zero-order chi connectivity index (χ0) is 17.4. The molecule has 0 saturated carbocycles. The van der Waals surface area contributed by atoms with E-state index in [4.69, 9.17) is 5.41 Å². The number of halogens is 1. The Balaban J connectivity index is 1.70. The molecule has 0 aliphatic carbocycles. The highest BCUT2D eigenvalue weighted by Gasteiger charge is 2.35. The number of aromatic amines is 1. The summed E-state index contributed by atoms with van der Waals surface area (Å²) in [6.07, 6.45) is 3.19. The van der Waals surface area contributed by atoms with E-state index < -0.39 is 0 Å². The molecule has 10 heteroatoms. The lowest BCUT2D eigenvalue weighted by Crippen LogP contribution is -2.27. The van der Waals surface area contributed by atoms with Crippen LogP contribution in [0.4, 0.5) is 9.52 Å². The van der Waals surface area contributed by atoms with Crippen LogP contribution in [-0.2, 0) is 4.79 Å². The van der Waals surface area contributed by atoms with Gasteiger partial charge in [0, 0.05) is 11.1 Å². The van der Waals surface area contributed by atoms with E-state index in [1.807, 2.05) is 0 Å². The molecule has 0 atom stereocenters. The number of thioether (sulfide) groups is 1. The van der Waals surface area contributed by atoms with Gasteiger partial charge in [-0.25, -0.2) is 9.29 Å². The molecule has 1 aromatic carbocycles. The molecule has 0 bridgehead atoms. The molecule has 2 N–H and O–H groups in total. The Hall–Kier alpha value is -2.85. The first-order valence-electron chi connectivity index (χ1n) is 7.01. The van der Waals surface area contributed by atoms with Gasteiger partial charge in [-0.1, -0.05) is 23.5 Å². The SMILES string of the molecule is N=C1S/C(=C\c2cn[nH]c2-c2cccc(F)c2)C(=O)N1c1nncs1. The van der Waals surface area contributed by atoms with Gasteiger partial charge >= 0.3 is 0 Å². The van der Waals surface area contributed by atoms with E-state index in [0.717, 1.165) is 11.8 Å². The van der Waals surface area contributed by atoms with Crippen molar-refractivity contribution in [3.8, 4) is 11.3 Å². The molecule has 1 aliphatic rings. The van der Waals surface area contributed by atoms with Crippen LogP contribution in [0.3, 0.4) is 0 Å². The van der Waals surface area contributed by atoms with Gasteiger partial charge in [0.1, 0.15) is 11.3 Å². The summed E-state index contributed by atoms with van der Waals surface area (Å²) in [6.45, 7) is 0. The summed E-state index contributed by atoms with van der Waals surface area (Å²) in [6, 6.07) is 6.09. The molecule has 0 unspecified atom stereocenters. The van der Waals surface area contributed by atoms with Crippen LogP contribution in [0.1, 0.15) is 5.56 Å². The Morgan fingerprint density at radius 1 is 1.36 bits per heavy atom. The first-order chi connectivity index (χ1) is 12.1. The zero-order valence-electron chi connectivity index (χ0n) is 12.4. The summed E-state index contributed by atoms with van der Waals surface area (Å²) >= 11 is 2.21. The molecule has 124 valence electrons. The number of nitrogens with one attached hydrogen (secondary N) is 2. The molecule has 4 rings (SSSR count). The molecule has 1 fully saturated rings. The summed E-state index contributed by atoms with van der Waals surface area (Å²) in [4.78, 5) is 14.2. The summed E-state index contributed by atoms with van der Waals surface area (Å²) in [5.74, 6) is -0.709. The summed E-state index contributed by atoms with van der Waals surface area (Å²) in [5.41, 5.74) is 3.35. The van der Waals surface area contributed by atoms with Crippen molar-refractivity contribution in [1.29, 1.82) is 5.41 Å². The van der Waals surface area contributed by atoms with Crippen molar-refractivity contribution in [1.82, 2.24) is 20.4 Å². The predicted molar refractivity (Wildman–Crippen MR) is 94.7 cm³/mol. The van der Waals surface area contributed by atoms with E-state index in [-0.39, 0.29) is 16.9 Å². The molecule has 3 aromatic rings. The maximum atomic E-state index is 13.5. The Kier molecular flexibility index (Phi) is 3.90. The Bertz CT molecular complexity index is 997. The normalized spacial score (nSPS) is 16.2. The van der Waals surface area contributed by atoms with E-state index in [0.29, 0.717) is 26.9 Å². The summed E-state index contributed by atoms with van der Waals surface area (Å²) in [7, 11) is 0. The number of carbonyl (C=O) groups excluding carboxylic acids is 1. The highest BCUT2D eigenvalue weighted by Crippen LogP contribution is 2.36. The van der Waals surface area contributed by atoms with E-state index in [2.05, 4.69) is 20.4 Å². The minimum Gasteiger partial charge on any atom is -0.278 e. The third-order valence-corrected chi connectivity index (χ3v) is 5.00. The number of carbonyl (C=O) groups is 1. The van der Waals surface area contributed by atoms with Crippen LogP contribution in [0, 0.1) is 11.2 Å². The largest absolute Gasteiger partial charge is 0.278 e. The molecule has 2 aromatic heterocycles. The van der Waals surface area contributed by atoms with Crippen molar-refractivity contribution in [2.45, 2.75) is 0 Å². The number of H-pyrrole nitrogens is 1. The van der Waals surface area contributed by atoms with E-state index in [1.54, 1.807) is 24.4 Å². The second-order valence-electron chi connectivity index (χ2n) is 4.99. The minimum atomic E-state index is -0.360. The molecule has 25 heavy (non-hydrogen) atoms. The molecule has 0 spiro atoms. The topological polar surface area (TPSA) is 98.6 Å². The molecule has 1 saturated heterocycles. The second-order valence-corrected chi connectivity index (χ2v) is 6.83. The maximum absolute atomic E-state index is 13.5. The zero-order valence-corrected chi connectivity index (χ0v) is 14.1. The van der Waals surface area contributed by atoms with Crippen LogP contribution in [0.2, 0.25) is 0 Å². The smallest absolute Gasteiger partial charge is 0.273 e. The second kappa shape index (κ2) is 6.22. The van der Waals surface area contributed by atoms with Crippen LogP contribution in [0.15, 0.2) is 40.9 Å². The Labute approximate surface area is 149 Å². The van der Waals surface area contributed by atoms with Gasteiger partial charge in [0.15, 0.2) is 5.17 Å². The Morgan fingerprint density at radius 3 is 3.00 bits per heavy atom. The molecule has 1 amide bonds. The lowest BCUT2D eigenvalue weighted by Gasteiger charge is -2.08. The van der Waals surface area contributed by atoms with E-state index >= 15 is 0 Å². The molecule has 7 nitrogen and oxygen atoms in total. The third-order valence-electron chi connectivity index (χ3n) is 3.43. The van der Waals surface area contributed by atoms with Crippen molar-refractivity contribution in [3.05, 3.63) is 52.3 Å². The van der Waals surface area contributed by atoms with Gasteiger partial charge in [0.25, 0.3) is 5.91 Å². The molecular weight excluding hydrogens is 363 g/mol. The number of amides is 1. The number of rotatable bonds is 3. The number of benzene rings is 1. The van der Waals surface area contributed by atoms with Gasteiger partial charge < -0.3 is 0 Å². The number of anilines is 1.